The van der Waals surface area contributed by atoms with E-state index < -0.39 is 42.8 Å². The van der Waals surface area contributed by atoms with Gasteiger partial charge in [0, 0.05) is 23.3 Å². The highest BCUT2D eigenvalue weighted by molar-refractivity contribution is 6.73. The van der Waals surface area contributed by atoms with E-state index in [-0.39, 0.29) is 13.2 Å². The van der Waals surface area contributed by atoms with Crippen LogP contribution in [-0.2, 0) is 8.85 Å². The van der Waals surface area contributed by atoms with Gasteiger partial charge in [0.05, 0.1) is 11.8 Å². The fraction of sp³-hybridized carbons (Fsp3) is 1.00. The summed E-state index contributed by atoms with van der Waals surface area (Å²) in [6.07, 6.45) is -9.15. The molecule has 0 heterocycles. The van der Waals surface area contributed by atoms with Crippen molar-refractivity contribution in [1.82, 2.24) is 0 Å². The lowest BCUT2D eigenvalue weighted by atomic mass is 9.94. The zero-order valence-corrected chi connectivity index (χ0v) is 17.2. The summed E-state index contributed by atoms with van der Waals surface area (Å²) in [5.74, 6) is -3.77. The van der Waals surface area contributed by atoms with Gasteiger partial charge in [0.15, 0.2) is 0 Å². The first-order chi connectivity index (χ1) is 10.9. The van der Waals surface area contributed by atoms with Crippen LogP contribution < -0.4 is 0 Å². The van der Waals surface area contributed by atoms with Crippen LogP contribution in [-0.4, -0.2) is 34.1 Å². The second-order valence-electron chi connectivity index (χ2n) is 7.45. The molecule has 2 atom stereocenters. The summed E-state index contributed by atoms with van der Waals surface area (Å²) in [6.45, 7) is 10.3. The second-order valence-corrected chi connectivity index (χ2v) is 11.8. The molecule has 152 valence electrons. The third kappa shape index (κ3) is 4.53. The van der Waals surface area contributed by atoms with Crippen LogP contribution in [0, 0.1) is 11.8 Å². The molecule has 0 fully saturated rings. The van der Waals surface area contributed by atoms with Crippen molar-refractivity contribution in [3.05, 3.63) is 0 Å². The van der Waals surface area contributed by atoms with Crippen LogP contribution >= 0.6 is 0 Å². The van der Waals surface area contributed by atoms with Crippen molar-refractivity contribution in [3.8, 4) is 0 Å². The molecule has 0 amide bonds. The topological polar surface area (TPSA) is 18.5 Å². The van der Waals surface area contributed by atoms with E-state index in [4.69, 9.17) is 8.85 Å². The molecule has 0 aromatic heterocycles. The Morgan fingerprint density at radius 3 is 1.08 bits per heavy atom. The molecule has 25 heavy (non-hydrogen) atoms. The van der Waals surface area contributed by atoms with Gasteiger partial charge in [-0.2, -0.15) is 26.3 Å². The first-order valence-corrected chi connectivity index (χ1v) is 10.2. The first kappa shape index (κ1) is 24.7. The third-order valence-corrected chi connectivity index (χ3v) is 11.2. The average molecular weight is 396 g/mol. The van der Waals surface area contributed by atoms with Crippen LogP contribution in [0.5, 0.6) is 0 Å². The van der Waals surface area contributed by atoms with Crippen molar-refractivity contribution in [1.29, 1.82) is 0 Å². The second kappa shape index (κ2) is 7.76. The molecule has 0 rings (SSSR count). The van der Waals surface area contributed by atoms with E-state index in [1.807, 2.05) is 0 Å². The van der Waals surface area contributed by atoms with Crippen molar-refractivity contribution in [3.63, 3.8) is 0 Å². The average Bonchev–Trinajstić information content (AvgIpc) is 2.42. The van der Waals surface area contributed by atoms with E-state index in [9.17, 15) is 26.3 Å². The maximum atomic E-state index is 13.5. The van der Waals surface area contributed by atoms with Gasteiger partial charge in [-0.25, -0.2) is 0 Å². The van der Waals surface area contributed by atoms with Gasteiger partial charge in [-0.15, -0.1) is 0 Å². The smallest absolute Gasteiger partial charge is 0.391 e. The van der Waals surface area contributed by atoms with Gasteiger partial charge in [0.2, 0.25) is 0 Å². The van der Waals surface area contributed by atoms with Crippen LogP contribution in [0.1, 0.15) is 55.4 Å². The summed E-state index contributed by atoms with van der Waals surface area (Å²) in [6, 6.07) is 0. The lowest BCUT2D eigenvalue weighted by molar-refractivity contribution is -0.189. The van der Waals surface area contributed by atoms with Crippen molar-refractivity contribution in [2.45, 2.75) is 77.8 Å². The molecular formula is C16H30F6O2Si. The normalized spacial score (nSPS) is 17.5. The molecule has 9 heteroatoms. The van der Waals surface area contributed by atoms with Crippen molar-refractivity contribution in [2.24, 2.45) is 11.8 Å². The molecule has 0 aliphatic rings. The molecule has 0 N–H and O–H groups in total. The van der Waals surface area contributed by atoms with Gasteiger partial charge < -0.3 is 8.85 Å². The lowest BCUT2D eigenvalue weighted by Crippen LogP contribution is -2.65. The highest BCUT2D eigenvalue weighted by Crippen LogP contribution is 2.63. The largest absolute Gasteiger partial charge is 0.394 e. The van der Waals surface area contributed by atoms with Gasteiger partial charge in [-0.05, 0) is 13.8 Å². The number of rotatable bonds is 8. The summed E-state index contributed by atoms with van der Waals surface area (Å²) >= 11 is 0. The highest BCUT2D eigenvalue weighted by Gasteiger charge is 2.70. The molecule has 0 spiro atoms. The van der Waals surface area contributed by atoms with E-state index in [0.717, 1.165) is 13.8 Å². The van der Waals surface area contributed by atoms with Crippen LogP contribution in [0.3, 0.4) is 0 Å². The zero-order valence-electron chi connectivity index (χ0n) is 16.2. The first-order valence-electron chi connectivity index (χ1n) is 8.34. The summed E-state index contributed by atoms with van der Waals surface area (Å²) in [5.41, 5.74) is 0. The Bertz CT molecular complexity index is 391. The van der Waals surface area contributed by atoms with E-state index in [2.05, 4.69) is 0 Å². The predicted molar refractivity (Wildman–Crippen MR) is 87.5 cm³/mol. The Balaban J connectivity index is 6.57. The number of halogens is 6. The Hall–Kier alpha value is -0.283. The van der Waals surface area contributed by atoms with Gasteiger partial charge in [-0.3, -0.25) is 0 Å². The molecule has 0 radical (unpaired) electrons. The minimum Gasteiger partial charge on any atom is -0.394 e. The minimum atomic E-state index is -4.58. The van der Waals surface area contributed by atoms with Gasteiger partial charge in [0.1, 0.15) is 0 Å². The van der Waals surface area contributed by atoms with Crippen LogP contribution in [0.2, 0.25) is 10.1 Å². The standard InChI is InChI=1S/C16H30F6O2Si/c1-9-23-25(24-10-2,13(5,6)11(3)15(17,18)19)14(7,8)12(4)16(20,21)22/h11-12H,9-10H2,1-8H3. The maximum absolute atomic E-state index is 13.5. The van der Waals surface area contributed by atoms with Crippen LogP contribution in [0.25, 0.3) is 0 Å². The van der Waals surface area contributed by atoms with E-state index >= 15 is 0 Å². The molecule has 0 saturated heterocycles. The molecule has 2 unspecified atom stereocenters. The monoisotopic (exact) mass is 396 g/mol. The fourth-order valence-corrected chi connectivity index (χ4v) is 8.92. The third-order valence-electron chi connectivity index (χ3n) is 5.54. The summed E-state index contributed by atoms with van der Waals surface area (Å²) < 4.78 is 92.3. The molecule has 0 bridgehead atoms. The number of hydrogen-bond acceptors (Lipinski definition) is 2. The molecule has 0 saturated carbocycles. The lowest BCUT2D eigenvalue weighted by Gasteiger charge is -2.55. The van der Waals surface area contributed by atoms with Gasteiger partial charge in [0.25, 0.3) is 0 Å². The van der Waals surface area contributed by atoms with E-state index in [1.165, 1.54) is 27.7 Å². The van der Waals surface area contributed by atoms with Crippen molar-refractivity contribution < 1.29 is 35.2 Å². The van der Waals surface area contributed by atoms with Crippen molar-refractivity contribution >= 4 is 8.56 Å². The number of hydrogen-bond donors (Lipinski definition) is 0. The molecule has 0 aliphatic carbocycles. The summed E-state index contributed by atoms with van der Waals surface area (Å²) in [7, 11) is -4.04. The highest BCUT2D eigenvalue weighted by atomic mass is 28.4. The molecule has 0 aromatic carbocycles. The maximum Gasteiger partial charge on any atom is 0.391 e. The summed E-state index contributed by atoms with van der Waals surface area (Å²) in [4.78, 5) is 0. The predicted octanol–water partition coefficient (Wildman–Crippen LogP) is 6.46. The Morgan fingerprint density at radius 1 is 0.680 bits per heavy atom. The zero-order chi connectivity index (χ0) is 20.5. The number of alkyl halides is 6. The van der Waals surface area contributed by atoms with Crippen LogP contribution in [0.4, 0.5) is 26.3 Å². The Kier molecular flexibility index (Phi) is 7.67. The van der Waals surface area contributed by atoms with Crippen molar-refractivity contribution in [2.75, 3.05) is 13.2 Å². The Labute approximate surface area is 147 Å². The molecular weight excluding hydrogens is 366 g/mol. The van der Waals surface area contributed by atoms with E-state index in [0.29, 0.717) is 0 Å². The molecule has 0 aromatic rings. The fourth-order valence-electron chi connectivity index (χ4n) is 3.41. The van der Waals surface area contributed by atoms with Crippen LogP contribution in [0.15, 0.2) is 0 Å². The Morgan fingerprint density at radius 2 is 0.920 bits per heavy atom. The van der Waals surface area contributed by atoms with Gasteiger partial charge in [-0.1, -0.05) is 41.5 Å². The SMILES string of the molecule is CCO[Si](OCC)(C(C)(C)C(C)C(F)(F)F)C(C)(C)C(C)C(F)(F)F. The molecule has 2 nitrogen and oxygen atoms in total. The van der Waals surface area contributed by atoms with Gasteiger partial charge >= 0.3 is 20.9 Å². The molecule has 0 aliphatic heterocycles. The summed E-state index contributed by atoms with van der Waals surface area (Å²) in [5, 5.41) is -3.28. The minimum absolute atomic E-state index is 0.0196. The quantitative estimate of drug-likeness (QED) is 0.346. The van der Waals surface area contributed by atoms with E-state index in [1.54, 1.807) is 13.8 Å².